The lowest BCUT2D eigenvalue weighted by Gasteiger charge is -2.08. The number of urea groups is 1. The van der Waals surface area contributed by atoms with E-state index < -0.39 is 30.3 Å². The Kier molecular flexibility index (Phi) is 6.59. The Balaban J connectivity index is 1.84. The number of carbonyl (C=O) groups is 4. The van der Waals surface area contributed by atoms with Gasteiger partial charge in [0.25, 0.3) is 5.91 Å². The fourth-order valence-corrected chi connectivity index (χ4v) is 2.02. The molecule has 0 aliphatic carbocycles. The van der Waals surface area contributed by atoms with Crippen molar-refractivity contribution in [1.82, 2.24) is 5.32 Å². The number of esters is 1. The number of benzene rings is 2. The maximum Gasteiger partial charge on any atom is 0.338 e. The second kappa shape index (κ2) is 9.09. The summed E-state index contributed by atoms with van der Waals surface area (Å²) in [6.45, 7) is 0.607. The van der Waals surface area contributed by atoms with Gasteiger partial charge in [0.05, 0.1) is 11.3 Å². The van der Waals surface area contributed by atoms with Gasteiger partial charge >= 0.3 is 12.0 Å². The number of hydrogen-bond acceptors (Lipinski definition) is 5. The minimum absolute atomic E-state index is 0.102. The molecule has 2 rings (SSSR count). The van der Waals surface area contributed by atoms with Crippen LogP contribution in [-0.4, -0.2) is 30.4 Å². The van der Waals surface area contributed by atoms with Crippen molar-refractivity contribution in [2.45, 2.75) is 6.92 Å². The van der Waals surface area contributed by atoms with Crippen molar-refractivity contribution in [2.24, 2.45) is 0 Å². The summed E-state index contributed by atoms with van der Waals surface area (Å²) in [5, 5.41) is 6.58. The first-order chi connectivity index (χ1) is 12.8. The lowest BCUT2D eigenvalue weighted by molar-refractivity contribution is -0.123. The number of para-hydroxylation sites is 1. The van der Waals surface area contributed by atoms with E-state index in [4.69, 9.17) is 4.74 Å². The highest BCUT2D eigenvalue weighted by Gasteiger charge is 2.14. The third-order valence-electron chi connectivity index (χ3n) is 3.13. The zero-order chi connectivity index (χ0) is 19.8. The molecule has 0 unspecified atom stereocenters. The first-order valence-corrected chi connectivity index (χ1v) is 7.75. The van der Waals surface area contributed by atoms with Gasteiger partial charge in [-0.25, -0.2) is 14.0 Å². The van der Waals surface area contributed by atoms with Gasteiger partial charge in [0.1, 0.15) is 5.82 Å². The minimum atomic E-state index is -0.964. The van der Waals surface area contributed by atoms with Crippen LogP contribution in [0, 0.1) is 5.82 Å². The van der Waals surface area contributed by atoms with Crippen LogP contribution in [0.4, 0.5) is 20.6 Å². The van der Waals surface area contributed by atoms with E-state index in [9.17, 15) is 23.6 Å². The van der Waals surface area contributed by atoms with E-state index in [1.807, 2.05) is 5.32 Å². The van der Waals surface area contributed by atoms with Gasteiger partial charge in [0.2, 0.25) is 5.91 Å². The molecular weight excluding hydrogens is 357 g/mol. The highest BCUT2D eigenvalue weighted by atomic mass is 19.1. The van der Waals surface area contributed by atoms with Gasteiger partial charge in [-0.05, 0) is 30.3 Å². The van der Waals surface area contributed by atoms with Crippen molar-refractivity contribution in [2.75, 3.05) is 17.2 Å². The number of imide groups is 1. The quantitative estimate of drug-likeness (QED) is 0.696. The van der Waals surface area contributed by atoms with Crippen LogP contribution in [-0.2, 0) is 14.3 Å². The van der Waals surface area contributed by atoms with Crippen LogP contribution >= 0.6 is 0 Å². The SMILES string of the molecule is CC(=O)Nc1cccc(C(=O)OCC(=O)NC(=O)Nc2ccccc2F)c1. The third kappa shape index (κ3) is 6.24. The third-order valence-corrected chi connectivity index (χ3v) is 3.13. The summed E-state index contributed by atoms with van der Waals surface area (Å²) in [7, 11) is 0. The topological polar surface area (TPSA) is 114 Å². The van der Waals surface area contributed by atoms with Crippen molar-refractivity contribution >= 4 is 35.2 Å². The first kappa shape index (κ1) is 19.6. The zero-order valence-electron chi connectivity index (χ0n) is 14.2. The molecule has 0 spiro atoms. The molecule has 0 saturated carbocycles. The fourth-order valence-electron chi connectivity index (χ4n) is 2.02. The van der Waals surface area contributed by atoms with Crippen LogP contribution in [0.5, 0.6) is 0 Å². The predicted octanol–water partition coefficient (Wildman–Crippen LogP) is 2.29. The van der Waals surface area contributed by atoms with Crippen molar-refractivity contribution < 1.29 is 28.3 Å². The van der Waals surface area contributed by atoms with Crippen molar-refractivity contribution in [1.29, 1.82) is 0 Å². The molecule has 0 aromatic heterocycles. The van der Waals surface area contributed by atoms with Crippen molar-refractivity contribution in [3.63, 3.8) is 0 Å². The van der Waals surface area contributed by atoms with Crippen molar-refractivity contribution in [3.05, 3.63) is 59.9 Å². The summed E-state index contributed by atoms with van der Waals surface area (Å²) in [5.74, 6) is -2.67. The van der Waals surface area contributed by atoms with Crippen LogP contribution in [0.15, 0.2) is 48.5 Å². The Bertz CT molecular complexity index is 885. The molecule has 9 heteroatoms. The second-order valence-electron chi connectivity index (χ2n) is 5.32. The normalized spacial score (nSPS) is 9.85. The Labute approximate surface area is 153 Å². The summed E-state index contributed by atoms with van der Waals surface area (Å²) in [4.78, 5) is 46.3. The fraction of sp³-hybridized carbons (Fsp3) is 0.111. The number of anilines is 2. The van der Waals surface area contributed by atoms with Gasteiger partial charge in [0, 0.05) is 12.6 Å². The molecule has 0 fully saturated rings. The van der Waals surface area contributed by atoms with Crippen LogP contribution in [0.3, 0.4) is 0 Å². The summed E-state index contributed by atoms with van der Waals surface area (Å²) in [6.07, 6.45) is 0. The van der Waals surface area contributed by atoms with Gasteiger partial charge in [-0.2, -0.15) is 0 Å². The lowest BCUT2D eigenvalue weighted by atomic mass is 10.2. The van der Waals surface area contributed by atoms with E-state index in [2.05, 4.69) is 10.6 Å². The molecule has 0 aliphatic rings. The number of ether oxygens (including phenoxy) is 1. The number of carbonyl (C=O) groups excluding carboxylic acids is 4. The van der Waals surface area contributed by atoms with Crippen LogP contribution < -0.4 is 16.0 Å². The standard InChI is InChI=1S/C18H16FN3O5/c1-11(23)20-13-6-4-5-12(9-13)17(25)27-10-16(24)22-18(26)21-15-8-3-2-7-14(15)19/h2-9H,10H2,1H3,(H,20,23)(H2,21,22,24,26). The lowest BCUT2D eigenvalue weighted by Crippen LogP contribution is -2.37. The number of nitrogens with one attached hydrogen (secondary N) is 3. The average Bonchev–Trinajstić information content (AvgIpc) is 2.61. The smallest absolute Gasteiger partial charge is 0.338 e. The van der Waals surface area contributed by atoms with E-state index in [1.54, 1.807) is 6.07 Å². The monoisotopic (exact) mass is 373 g/mol. The first-order valence-electron chi connectivity index (χ1n) is 7.75. The highest BCUT2D eigenvalue weighted by molar-refractivity contribution is 6.02. The molecule has 8 nitrogen and oxygen atoms in total. The Morgan fingerprint density at radius 3 is 2.44 bits per heavy atom. The van der Waals surface area contributed by atoms with Gasteiger partial charge in [-0.3, -0.25) is 14.9 Å². The molecule has 0 radical (unpaired) electrons. The summed E-state index contributed by atoms with van der Waals surface area (Å²) >= 11 is 0. The summed E-state index contributed by atoms with van der Waals surface area (Å²) in [6, 6.07) is 10.4. The van der Waals surface area contributed by atoms with Gasteiger partial charge in [-0.1, -0.05) is 18.2 Å². The van der Waals surface area contributed by atoms with Crippen molar-refractivity contribution in [3.8, 4) is 0 Å². The molecule has 0 heterocycles. The van der Waals surface area contributed by atoms with Crippen LogP contribution in [0.25, 0.3) is 0 Å². The Morgan fingerprint density at radius 2 is 1.74 bits per heavy atom. The maximum atomic E-state index is 13.4. The number of amides is 4. The van der Waals surface area contributed by atoms with E-state index in [0.29, 0.717) is 5.69 Å². The van der Waals surface area contributed by atoms with Crippen LogP contribution in [0.1, 0.15) is 17.3 Å². The minimum Gasteiger partial charge on any atom is -0.452 e. The molecule has 2 aromatic carbocycles. The number of hydrogen-bond donors (Lipinski definition) is 3. The van der Waals surface area contributed by atoms with Gasteiger partial charge in [0.15, 0.2) is 6.61 Å². The second-order valence-corrected chi connectivity index (χ2v) is 5.32. The average molecular weight is 373 g/mol. The predicted molar refractivity (Wildman–Crippen MR) is 94.6 cm³/mol. The van der Waals surface area contributed by atoms with E-state index >= 15 is 0 Å². The van der Waals surface area contributed by atoms with E-state index in [-0.39, 0.29) is 17.2 Å². The maximum absolute atomic E-state index is 13.4. The molecule has 27 heavy (non-hydrogen) atoms. The van der Waals surface area contributed by atoms with Crippen LogP contribution in [0.2, 0.25) is 0 Å². The molecule has 4 amide bonds. The van der Waals surface area contributed by atoms with Gasteiger partial charge in [-0.15, -0.1) is 0 Å². The Morgan fingerprint density at radius 1 is 1.00 bits per heavy atom. The molecule has 0 saturated heterocycles. The molecule has 140 valence electrons. The highest BCUT2D eigenvalue weighted by Crippen LogP contribution is 2.12. The number of halogens is 1. The molecule has 3 N–H and O–H groups in total. The Hall–Kier alpha value is -3.75. The molecule has 0 aliphatic heterocycles. The van der Waals surface area contributed by atoms with Gasteiger partial charge < -0.3 is 15.4 Å². The zero-order valence-corrected chi connectivity index (χ0v) is 14.2. The molecular formula is C18H16FN3O5. The summed E-state index contributed by atoms with van der Waals surface area (Å²) < 4.78 is 18.2. The largest absolute Gasteiger partial charge is 0.452 e. The van der Waals surface area contributed by atoms with E-state index in [0.717, 1.165) is 6.07 Å². The number of rotatable bonds is 5. The molecule has 0 bridgehead atoms. The van der Waals surface area contributed by atoms with E-state index in [1.165, 1.54) is 43.3 Å². The summed E-state index contributed by atoms with van der Waals surface area (Å²) in [5.41, 5.74) is 0.408. The molecule has 2 aromatic rings. The molecule has 0 atom stereocenters.